The standard InChI is InChI=1S/C28H34BrN3O3S/c1-28(2,3)18-9-10-21-23(14-18)36-26(24(21)25(33)30-16-19-8-7-13-34-19)31-17-20-15-22(29)27(35-20)32-11-5-4-6-12-32/h7-8,13,15,17-18H,4-6,9-12,14,16H2,1-3H3,(H,30,33)/t18-/m1/s1. The molecule has 6 nitrogen and oxygen atoms in total. The minimum absolute atomic E-state index is 0.0973. The van der Waals surface area contributed by atoms with Crippen LogP contribution >= 0.6 is 27.3 Å². The molecule has 0 spiro atoms. The Kier molecular flexibility index (Phi) is 7.45. The number of hydrogen-bond donors (Lipinski definition) is 1. The quantitative estimate of drug-likeness (QED) is 0.310. The van der Waals surface area contributed by atoms with Crippen molar-refractivity contribution in [3.8, 4) is 0 Å². The van der Waals surface area contributed by atoms with E-state index in [1.54, 1.807) is 23.8 Å². The Morgan fingerprint density at radius 1 is 1.31 bits per heavy atom. The lowest BCUT2D eigenvalue weighted by molar-refractivity contribution is 0.0947. The van der Waals surface area contributed by atoms with Crippen LogP contribution in [0, 0.1) is 11.3 Å². The molecule has 1 N–H and O–H groups in total. The molecule has 1 aliphatic heterocycles. The van der Waals surface area contributed by atoms with Crippen molar-refractivity contribution in [3.05, 3.63) is 56.5 Å². The van der Waals surface area contributed by atoms with E-state index in [1.807, 2.05) is 18.2 Å². The molecule has 0 bridgehead atoms. The van der Waals surface area contributed by atoms with Gasteiger partial charge in [0.25, 0.3) is 5.91 Å². The predicted molar refractivity (Wildman–Crippen MR) is 149 cm³/mol. The number of thiophene rings is 1. The number of halogens is 1. The van der Waals surface area contributed by atoms with Crippen molar-refractivity contribution < 1.29 is 13.6 Å². The molecule has 1 amide bonds. The van der Waals surface area contributed by atoms with E-state index in [9.17, 15) is 4.79 Å². The van der Waals surface area contributed by atoms with E-state index >= 15 is 0 Å². The van der Waals surface area contributed by atoms with Crippen LogP contribution in [0.4, 0.5) is 10.9 Å². The summed E-state index contributed by atoms with van der Waals surface area (Å²) in [6.07, 6.45) is 9.98. The maximum Gasteiger partial charge on any atom is 0.255 e. The van der Waals surface area contributed by atoms with Gasteiger partial charge in [-0.2, -0.15) is 0 Å². The molecular formula is C28H34BrN3O3S. The first-order valence-electron chi connectivity index (χ1n) is 12.8. The second-order valence-corrected chi connectivity index (χ2v) is 12.8. The normalized spacial score (nSPS) is 18.6. The van der Waals surface area contributed by atoms with E-state index in [0.29, 0.717) is 23.8 Å². The molecular weight excluding hydrogens is 538 g/mol. The van der Waals surface area contributed by atoms with Gasteiger partial charge in [-0.15, -0.1) is 11.3 Å². The highest BCUT2D eigenvalue weighted by Crippen LogP contribution is 2.45. The van der Waals surface area contributed by atoms with E-state index < -0.39 is 0 Å². The molecule has 4 heterocycles. The summed E-state index contributed by atoms with van der Waals surface area (Å²) in [6.45, 7) is 9.29. The van der Waals surface area contributed by atoms with Crippen molar-refractivity contribution in [2.45, 2.75) is 65.8 Å². The molecule has 5 rings (SSSR count). The van der Waals surface area contributed by atoms with E-state index in [4.69, 9.17) is 13.8 Å². The number of nitrogens with zero attached hydrogens (tertiary/aromatic N) is 2. The van der Waals surface area contributed by atoms with Gasteiger partial charge in [-0.3, -0.25) is 4.79 Å². The first-order valence-corrected chi connectivity index (χ1v) is 14.4. The Labute approximate surface area is 225 Å². The number of carbonyl (C=O) groups excluding carboxylic acids is 1. The van der Waals surface area contributed by atoms with Crippen LogP contribution in [0.5, 0.6) is 0 Å². The van der Waals surface area contributed by atoms with Crippen LogP contribution in [0.15, 0.2) is 42.8 Å². The zero-order valence-electron chi connectivity index (χ0n) is 21.2. The van der Waals surface area contributed by atoms with Crippen molar-refractivity contribution in [2.24, 2.45) is 16.3 Å². The fourth-order valence-corrected chi connectivity index (χ4v) is 7.01. The summed E-state index contributed by atoms with van der Waals surface area (Å²) in [4.78, 5) is 21.8. The Morgan fingerprint density at radius 2 is 2.11 bits per heavy atom. The van der Waals surface area contributed by atoms with Crippen molar-refractivity contribution in [1.29, 1.82) is 0 Å². The first kappa shape index (κ1) is 25.3. The van der Waals surface area contributed by atoms with Crippen LogP contribution in [-0.2, 0) is 19.4 Å². The number of anilines is 1. The monoisotopic (exact) mass is 571 g/mol. The summed E-state index contributed by atoms with van der Waals surface area (Å²) < 4.78 is 12.5. The molecule has 192 valence electrons. The van der Waals surface area contributed by atoms with Gasteiger partial charge >= 0.3 is 0 Å². The smallest absolute Gasteiger partial charge is 0.255 e. The number of hydrogen-bond acceptors (Lipinski definition) is 6. The molecule has 0 unspecified atom stereocenters. The van der Waals surface area contributed by atoms with Crippen LogP contribution < -0.4 is 10.2 Å². The number of aliphatic imine (C=N–C) groups is 1. The largest absolute Gasteiger partial charge is 0.467 e. The third-order valence-electron chi connectivity index (χ3n) is 7.34. The van der Waals surface area contributed by atoms with Gasteiger partial charge in [0.2, 0.25) is 5.88 Å². The molecule has 1 atom stereocenters. The maximum atomic E-state index is 13.4. The molecule has 0 saturated carbocycles. The molecule has 0 radical (unpaired) electrons. The zero-order chi connectivity index (χ0) is 25.3. The second-order valence-electron chi connectivity index (χ2n) is 10.9. The number of nitrogens with one attached hydrogen (secondary N) is 1. The summed E-state index contributed by atoms with van der Waals surface area (Å²) in [5, 5.41) is 3.79. The van der Waals surface area contributed by atoms with Crippen molar-refractivity contribution in [1.82, 2.24) is 5.32 Å². The molecule has 36 heavy (non-hydrogen) atoms. The second kappa shape index (κ2) is 10.6. The molecule has 3 aromatic rings. The number of carbonyl (C=O) groups is 1. The highest BCUT2D eigenvalue weighted by Gasteiger charge is 2.33. The lowest BCUT2D eigenvalue weighted by Gasteiger charge is -2.33. The van der Waals surface area contributed by atoms with Gasteiger partial charge in [0, 0.05) is 24.0 Å². The third kappa shape index (κ3) is 5.49. The highest BCUT2D eigenvalue weighted by atomic mass is 79.9. The van der Waals surface area contributed by atoms with Gasteiger partial charge in [-0.05, 0) is 83.5 Å². The summed E-state index contributed by atoms with van der Waals surface area (Å²) in [6, 6.07) is 5.66. The number of piperidine rings is 1. The first-order chi connectivity index (χ1) is 17.3. The molecule has 8 heteroatoms. The average molecular weight is 573 g/mol. The Balaban J connectivity index is 1.42. The summed E-state index contributed by atoms with van der Waals surface area (Å²) in [5.41, 5.74) is 2.09. The van der Waals surface area contributed by atoms with Crippen molar-refractivity contribution in [2.75, 3.05) is 18.0 Å². The molecule has 3 aromatic heterocycles. The number of rotatable bonds is 6. The summed E-state index contributed by atoms with van der Waals surface area (Å²) >= 11 is 5.31. The van der Waals surface area contributed by atoms with Gasteiger partial charge in [0.15, 0.2) is 0 Å². The predicted octanol–water partition coefficient (Wildman–Crippen LogP) is 7.52. The van der Waals surface area contributed by atoms with Crippen LogP contribution in [0.25, 0.3) is 0 Å². The van der Waals surface area contributed by atoms with E-state index in [-0.39, 0.29) is 11.3 Å². The average Bonchev–Trinajstić information content (AvgIpc) is 3.59. The maximum absolute atomic E-state index is 13.4. The van der Waals surface area contributed by atoms with Gasteiger partial charge in [0.05, 0.1) is 29.1 Å². The fourth-order valence-electron chi connectivity index (χ4n) is 5.18. The fraction of sp³-hybridized carbons (Fsp3) is 0.500. The van der Waals surface area contributed by atoms with Gasteiger partial charge in [0.1, 0.15) is 16.5 Å². The van der Waals surface area contributed by atoms with Gasteiger partial charge in [-0.25, -0.2) is 4.99 Å². The van der Waals surface area contributed by atoms with Crippen molar-refractivity contribution in [3.63, 3.8) is 0 Å². The van der Waals surface area contributed by atoms with Gasteiger partial charge < -0.3 is 19.1 Å². The van der Waals surface area contributed by atoms with Crippen LogP contribution in [0.3, 0.4) is 0 Å². The molecule has 1 saturated heterocycles. The van der Waals surface area contributed by atoms with Crippen LogP contribution in [0.1, 0.15) is 78.8 Å². The summed E-state index contributed by atoms with van der Waals surface area (Å²) in [7, 11) is 0. The molecule has 0 aromatic carbocycles. The molecule has 1 fully saturated rings. The number of amides is 1. The highest BCUT2D eigenvalue weighted by molar-refractivity contribution is 9.10. The topological polar surface area (TPSA) is 71.0 Å². The zero-order valence-corrected chi connectivity index (χ0v) is 23.6. The number of fused-ring (bicyclic) bond motifs is 1. The Morgan fingerprint density at radius 3 is 2.83 bits per heavy atom. The Bertz CT molecular complexity index is 1230. The van der Waals surface area contributed by atoms with E-state index in [0.717, 1.165) is 59.0 Å². The number of furan rings is 2. The lowest BCUT2D eigenvalue weighted by atomic mass is 9.72. The van der Waals surface area contributed by atoms with Crippen molar-refractivity contribution >= 4 is 50.3 Å². The summed E-state index contributed by atoms with van der Waals surface area (Å²) in [5.74, 6) is 2.78. The SMILES string of the molecule is CC(C)(C)[C@@H]1CCc2c(sc(N=Cc3cc(Br)c(N4CCCCC4)o3)c2C(=O)NCc2ccco2)C1. The van der Waals surface area contributed by atoms with Crippen LogP contribution in [0.2, 0.25) is 0 Å². The minimum Gasteiger partial charge on any atom is -0.467 e. The minimum atomic E-state index is -0.0973. The lowest BCUT2D eigenvalue weighted by Crippen LogP contribution is -2.29. The van der Waals surface area contributed by atoms with E-state index in [2.05, 4.69) is 46.9 Å². The molecule has 2 aliphatic rings. The van der Waals surface area contributed by atoms with E-state index in [1.165, 1.54) is 24.1 Å². The third-order valence-corrected chi connectivity index (χ3v) is 9.07. The molecule has 1 aliphatic carbocycles. The van der Waals surface area contributed by atoms with Crippen LogP contribution in [-0.4, -0.2) is 25.2 Å². The van der Waals surface area contributed by atoms with Gasteiger partial charge in [-0.1, -0.05) is 20.8 Å². The Hall–Kier alpha value is -2.32.